The van der Waals surface area contributed by atoms with Gasteiger partial charge in [0.2, 0.25) is 5.91 Å². The Morgan fingerprint density at radius 1 is 1.29 bits per heavy atom. The van der Waals surface area contributed by atoms with Crippen LogP contribution in [0, 0.1) is 26.7 Å². The molecule has 0 radical (unpaired) electrons. The van der Waals surface area contributed by atoms with Crippen LogP contribution >= 0.6 is 11.3 Å². The van der Waals surface area contributed by atoms with Crippen molar-refractivity contribution in [3.05, 3.63) is 51.1 Å². The molecule has 6 nitrogen and oxygen atoms in total. The molecule has 31 heavy (non-hydrogen) atoms. The number of likely N-dealkylation sites (tertiary alicyclic amines) is 1. The van der Waals surface area contributed by atoms with Crippen molar-refractivity contribution < 1.29 is 4.79 Å². The fraction of sp³-hybridized carbons (Fsp3) is 0.542. The van der Waals surface area contributed by atoms with E-state index in [1.54, 1.807) is 11.3 Å². The number of nitrogens with zero attached hydrogens (tertiary/aromatic N) is 4. The van der Waals surface area contributed by atoms with Crippen LogP contribution in [0.3, 0.4) is 0 Å². The summed E-state index contributed by atoms with van der Waals surface area (Å²) in [5, 5.41) is 9.88. The van der Waals surface area contributed by atoms with Gasteiger partial charge in [-0.05, 0) is 76.1 Å². The van der Waals surface area contributed by atoms with Crippen molar-refractivity contribution in [2.75, 3.05) is 19.6 Å². The Morgan fingerprint density at radius 3 is 2.77 bits per heavy atom. The van der Waals surface area contributed by atoms with Crippen molar-refractivity contribution in [1.29, 1.82) is 0 Å². The summed E-state index contributed by atoms with van der Waals surface area (Å²) < 4.78 is 1.89. The highest BCUT2D eigenvalue weighted by Crippen LogP contribution is 2.29. The third-order valence-electron chi connectivity index (χ3n) is 6.51. The summed E-state index contributed by atoms with van der Waals surface area (Å²) in [5.74, 6) is 0.897. The van der Waals surface area contributed by atoms with E-state index < -0.39 is 0 Å². The van der Waals surface area contributed by atoms with E-state index in [2.05, 4.69) is 51.7 Å². The number of thiophene rings is 1. The van der Waals surface area contributed by atoms with Gasteiger partial charge in [-0.15, -0.1) is 11.3 Å². The number of aromatic nitrogens is 3. The molecular weight excluding hydrogens is 406 g/mol. The highest BCUT2D eigenvalue weighted by molar-refractivity contribution is 7.10. The van der Waals surface area contributed by atoms with Gasteiger partial charge in [-0.1, -0.05) is 13.0 Å². The predicted octanol–water partition coefficient (Wildman–Crippen LogP) is 4.24. The summed E-state index contributed by atoms with van der Waals surface area (Å²) in [7, 11) is 0. The molecule has 4 rings (SSSR count). The third-order valence-corrected chi connectivity index (χ3v) is 7.48. The van der Waals surface area contributed by atoms with Gasteiger partial charge in [-0.25, -0.2) is 9.50 Å². The molecular formula is C24H33N5OS. The zero-order valence-electron chi connectivity index (χ0n) is 19.0. The van der Waals surface area contributed by atoms with Gasteiger partial charge in [-0.2, -0.15) is 5.10 Å². The molecule has 0 aliphatic carbocycles. The minimum atomic E-state index is 0.0995. The molecule has 1 amide bonds. The molecule has 1 aliphatic heterocycles. The van der Waals surface area contributed by atoms with Gasteiger partial charge in [0.1, 0.15) is 0 Å². The number of aryl methyl sites for hydroxylation is 3. The van der Waals surface area contributed by atoms with Gasteiger partial charge in [-0.3, -0.25) is 9.69 Å². The van der Waals surface area contributed by atoms with Gasteiger partial charge in [0.25, 0.3) is 0 Å². The number of hydrogen-bond donors (Lipinski definition) is 1. The van der Waals surface area contributed by atoms with E-state index in [0.717, 1.165) is 47.3 Å². The molecule has 0 bridgehead atoms. The average molecular weight is 440 g/mol. The summed E-state index contributed by atoms with van der Waals surface area (Å²) in [4.78, 5) is 21.3. The van der Waals surface area contributed by atoms with Crippen molar-refractivity contribution >= 4 is 22.9 Å². The first-order chi connectivity index (χ1) is 14.9. The molecule has 1 saturated heterocycles. The Labute approximate surface area is 188 Å². The molecule has 166 valence electrons. The van der Waals surface area contributed by atoms with E-state index in [4.69, 9.17) is 0 Å². The van der Waals surface area contributed by atoms with Crippen molar-refractivity contribution in [3.63, 3.8) is 0 Å². The van der Waals surface area contributed by atoms with Crippen LogP contribution in [0.5, 0.6) is 0 Å². The van der Waals surface area contributed by atoms with Crippen LogP contribution in [0.25, 0.3) is 5.65 Å². The first kappa shape index (κ1) is 22.0. The summed E-state index contributed by atoms with van der Waals surface area (Å²) in [6.07, 6.45) is 3.60. The zero-order chi connectivity index (χ0) is 22.0. The highest BCUT2D eigenvalue weighted by Gasteiger charge is 2.25. The molecule has 4 heterocycles. The van der Waals surface area contributed by atoms with E-state index in [-0.39, 0.29) is 11.9 Å². The van der Waals surface area contributed by atoms with Crippen molar-refractivity contribution in [1.82, 2.24) is 24.8 Å². The van der Waals surface area contributed by atoms with Crippen molar-refractivity contribution in [3.8, 4) is 0 Å². The number of amides is 1. The van der Waals surface area contributed by atoms with Crippen molar-refractivity contribution in [2.24, 2.45) is 5.92 Å². The normalized spacial score (nSPS) is 16.6. The number of nitrogens with one attached hydrogen (secondary N) is 1. The monoisotopic (exact) mass is 439 g/mol. The summed E-state index contributed by atoms with van der Waals surface area (Å²) in [6, 6.07) is 6.56. The van der Waals surface area contributed by atoms with E-state index in [9.17, 15) is 4.79 Å². The van der Waals surface area contributed by atoms with Crippen LogP contribution in [-0.4, -0.2) is 45.0 Å². The lowest BCUT2D eigenvalue weighted by Gasteiger charge is -2.36. The van der Waals surface area contributed by atoms with Crippen LogP contribution in [0.1, 0.15) is 59.8 Å². The highest BCUT2D eigenvalue weighted by atomic mass is 32.1. The van der Waals surface area contributed by atoms with Gasteiger partial charge < -0.3 is 5.32 Å². The molecule has 0 spiro atoms. The number of fused-ring (bicyclic) bond motifs is 1. The first-order valence-corrected chi connectivity index (χ1v) is 12.2. The minimum Gasteiger partial charge on any atom is -0.354 e. The number of rotatable bonds is 7. The smallest absolute Gasteiger partial charge is 0.220 e. The zero-order valence-corrected chi connectivity index (χ0v) is 19.8. The van der Waals surface area contributed by atoms with E-state index in [1.165, 1.54) is 17.7 Å². The Bertz CT molecular complexity index is 1030. The second-order valence-electron chi connectivity index (χ2n) is 8.87. The quantitative estimate of drug-likeness (QED) is 0.598. The lowest BCUT2D eigenvalue weighted by atomic mass is 9.97. The average Bonchev–Trinajstić information content (AvgIpc) is 3.39. The van der Waals surface area contributed by atoms with E-state index in [0.29, 0.717) is 19.4 Å². The summed E-state index contributed by atoms with van der Waals surface area (Å²) in [6.45, 7) is 11.3. The van der Waals surface area contributed by atoms with E-state index >= 15 is 0 Å². The molecule has 3 aromatic rings. The second kappa shape index (κ2) is 9.49. The number of carbonyl (C=O) groups is 1. The van der Waals surface area contributed by atoms with Crippen LogP contribution in [0.2, 0.25) is 0 Å². The second-order valence-corrected chi connectivity index (χ2v) is 9.85. The van der Waals surface area contributed by atoms with Crippen LogP contribution in [0.15, 0.2) is 23.6 Å². The summed E-state index contributed by atoms with van der Waals surface area (Å²) in [5.41, 5.74) is 5.00. The van der Waals surface area contributed by atoms with Gasteiger partial charge in [0.15, 0.2) is 5.65 Å². The van der Waals surface area contributed by atoms with Gasteiger partial charge in [0, 0.05) is 35.3 Å². The fourth-order valence-electron chi connectivity index (χ4n) is 4.57. The van der Waals surface area contributed by atoms with Gasteiger partial charge >= 0.3 is 0 Å². The maximum absolute atomic E-state index is 12.7. The Morgan fingerprint density at radius 2 is 2.06 bits per heavy atom. The lowest BCUT2D eigenvalue weighted by molar-refractivity contribution is -0.121. The van der Waals surface area contributed by atoms with E-state index in [1.807, 2.05) is 24.4 Å². The molecule has 1 N–H and O–H groups in total. The Kier molecular flexibility index (Phi) is 6.72. The molecule has 1 unspecified atom stereocenters. The van der Waals surface area contributed by atoms with Crippen LogP contribution in [-0.2, 0) is 11.2 Å². The Hall–Kier alpha value is -2.25. The minimum absolute atomic E-state index is 0.0995. The molecule has 3 aromatic heterocycles. The Balaban J connectivity index is 1.38. The topological polar surface area (TPSA) is 62.5 Å². The number of hydrogen-bond acceptors (Lipinski definition) is 5. The maximum Gasteiger partial charge on any atom is 0.220 e. The molecule has 1 atom stereocenters. The summed E-state index contributed by atoms with van der Waals surface area (Å²) >= 11 is 1.78. The molecule has 7 heteroatoms. The SMILES string of the molecule is Cc1cc2nc(C)c(CCC(=O)NCC(c3cccs3)N3CCC(C)CC3)c(C)n2n1. The van der Waals surface area contributed by atoms with Crippen molar-refractivity contribution in [2.45, 2.75) is 59.4 Å². The van der Waals surface area contributed by atoms with Gasteiger partial charge in [0.05, 0.1) is 11.7 Å². The molecule has 0 saturated carbocycles. The fourth-order valence-corrected chi connectivity index (χ4v) is 5.43. The maximum atomic E-state index is 12.7. The van der Waals surface area contributed by atoms with Crippen LogP contribution in [0.4, 0.5) is 0 Å². The number of piperidine rings is 1. The predicted molar refractivity (Wildman–Crippen MR) is 126 cm³/mol. The van der Waals surface area contributed by atoms with Crippen LogP contribution < -0.4 is 5.32 Å². The lowest BCUT2D eigenvalue weighted by Crippen LogP contribution is -2.41. The third kappa shape index (κ3) is 4.99. The first-order valence-electron chi connectivity index (χ1n) is 11.3. The largest absolute Gasteiger partial charge is 0.354 e. The molecule has 0 aromatic carbocycles. The number of carbonyl (C=O) groups excluding carboxylic acids is 1. The standard InChI is InChI=1S/C24H33N5OS/c1-16-9-11-28(12-10-16)21(22-6-5-13-31-22)15-25-24(30)8-7-20-18(3)26-23-14-17(2)27-29(23)19(20)4/h5-6,13-14,16,21H,7-12,15H2,1-4H3,(H,25,30). The molecule has 1 fully saturated rings. The molecule has 1 aliphatic rings.